The number of benzene rings is 1. The fourth-order valence-electron chi connectivity index (χ4n) is 2.45. The number of ketones is 1. The quantitative estimate of drug-likeness (QED) is 0.623. The Kier molecular flexibility index (Phi) is 3.74. The maximum atomic E-state index is 11.7. The number of rotatable bonds is 4. The molecule has 2 rings (SSSR count). The number of Topliss-reactive ketones (excluding diaryl/α,β-unsaturated/α-hetero) is 1. The highest BCUT2D eigenvalue weighted by Gasteiger charge is 2.45. The number of hydrogen-bond acceptors (Lipinski definition) is 5. The molecule has 0 spiro atoms. The standard InChI is InChI=1S/C14H15NO5/c1-8(16)12-9(2)20-14(15(17)18)13(12)10-4-6-11(19-3)7-5-10/h4-7,13-14H,1-3H3. The van der Waals surface area contributed by atoms with Crippen LogP contribution in [0.3, 0.4) is 0 Å². The lowest BCUT2D eigenvalue weighted by molar-refractivity contribution is -0.570. The van der Waals surface area contributed by atoms with Gasteiger partial charge in [0.2, 0.25) is 0 Å². The predicted molar refractivity (Wildman–Crippen MR) is 71.0 cm³/mol. The summed E-state index contributed by atoms with van der Waals surface area (Å²) in [5, 5.41) is 11.1. The summed E-state index contributed by atoms with van der Waals surface area (Å²) in [6.45, 7) is 2.97. The number of methoxy groups -OCH3 is 1. The summed E-state index contributed by atoms with van der Waals surface area (Å²) in [7, 11) is 1.54. The Hall–Kier alpha value is -2.37. The molecule has 0 saturated carbocycles. The van der Waals surface area contributed by atoms with Gasteiger partial charge in [-0.1, -0.05) is 12.1 Å². The molecule has 0 saturated heterocycles. The predicted octanol–water partition coefficient (Wildman–Crippen LogP) is 2.27. The Morgan fingerprint density at radius 1 is 1.35 bits per heavy atom. The Balaban J connectivity index is 2.46. The van der Waals surface area contributed by atoms with Gasteiger partial charge in [-0.05, 0) is 31.5 Å². The third-order valence-electron chi connectivity index (χ3n) is 3.33. The van der Waals surface area contributed by atoms with Crippen molar-refractivity contribution in [3.63, 3.8) is 0 Å². The zero-order valence-electron chi connectivity index (χ0n) is 11.5. The molecule has 6 nitrogen and oxygen atoms in total. The van der Waals surface area contributed by atoms with Crippen molar-refractivity contribution in [2.24, 2.45) is 0 Å². The summed E-state index contributed by atoms with van der Waals surface area (Å²) >= 11 is 0. The lowest BCUT2D eigenvalue weighted by Gasteiger charge is -2.14. The average Bonchev–Trinajstić information content (AvgIpc) is 2.76. The molecule has 0 bridgehead atoms. The molecule has 1 aliphatic rings. The molecule has 2 unspecified atom stereocenters. The van der Waals surface area contributed by atoms with E-state index < -0.39 is 17.1 Å². The minimum atomic E-state index is -1.26. The molecule has 2 atom stereocenters. The van der Waals surface area contributed by atoms with Crippen molar-refractivity contribution in [2.75, 3.05) is 7.11 Å². The van der Waals surface area contributed by atoms with Crippen LogP contribution in [0.1, 0.15) is 25.3 Å². The number of nitrogens with zero attached hydrogens (tertiary/aromatic N) is 1. The molecule has 0 aromatic heterocycles. The van der Waals surface area contributed by atoms with E-state index in [9.17, 15) is 14.9 Å². The van der Waals surface area contributed by atoms with E-state index in [1.54, 1.807) is 38.3 Å². The first-order valence-electron chi connectivity index (χ1n) is 6.11. The van der Waals surface area contributed by atoms with Crippen LogP contribution in [0.2, 0.25) is 0 Å². The molecule has 6 heteroatoms. The molecule has 1 heterocycles. The molecule has 0 N–H and O–H groups in total. The number of nitro groups is 1. The third kappa shape index (κ3) is 2.36. The topological polar surface area (TPSA) is 78.7 Å². The molecular formula is C14H15NO5. The Morgan fingerprint density at radius 2 is 1.95 bits per heavy atom. The lowest BCUT2D eigenvalue weighted by Crippen LogP contribution is -2.27. The Morgan fingerprint density at radius 3 is 2.40 bits per heavy atom. The van der Waals surface area contributed by atoms with Crippen LogP contribution in [-0.4, -0.2) is 24.0 Å². The summed E-state index contributed by atoms with van der Waals surface area (Å²) < 4.78 is 10.3. The smallest absolute Gasteiger partial charge is 0.364 e. The maximum Gasteiger partial charge on any atom is 0.364 e. The van der Waals surface area contributed by atoms with Gasteiger partial charge in [-0.3, -0.25) is 14.9 Å². The van der Waals surface area contributed by atoms with Crippen molar-refractivity contribution in [2.45, 2.75) is 26.0 Å². The lowest BCUT2D eigenvalue weighted by atomic mass is 9.88. The van der Waals surface area contributed by atoms with E-state index in [-0.39, 0.29) is 5.78 Å². The van der Waals surface area contributed by atoms with Crippen LogP contribution in [-0.2, 0) is 9.53 Å². The van der Waals surface area contributed by atoms with E-state index in [1.807, 2.05) is 0 Å². The summed E-state index contributed by atoms with van der Waals surface area (Å²) in [5.74, 6) is 0.0662. The van der Waals surface area contributed by atoms with Crippen molar-refractivity contribution in [3.8, 4) is 5.75 Å². The fraction of sp³-hybridized carbons (Fsp3) is 0.357. The van der Waals surface area contributed by atoms with Crippen LogP contribution in [0, 0.1) is 10.1 Å². The van der Waals surface area contributed by atoms with Gasteiger partial charge >= 0.3 is 6.23 Å². The van der Waals surface area contributed by atoms with E-state index in [4.69, 9.17) is 9.47 Å². The summed E-state index contributed by atoms with van der Waals surface area (Å²) in [5.41, 5.74) is 1.02. The van der Waals surface area contributed by atoms with Gasteiger partial charge in [0.1, 0.15) is 17.4 Å². The van der Waals surface area contributed by atoms with E-state index >= 15 is 0 Å². The van der Waals surface area contributed by atoms with Crippen LogP contribution >= 0.6 is 0 Å². The first-order chi connectivity index (χ1) is 9.45. The highest BCUT2D eigenvalue weighted by Crippen LogP contribution is 2.40. The largest absolute Gasteiger partial charge is 0.497 e. The Bertz CT molecular complexity index is 576. The molecule has 20 heavy (non-hydrogen) atoms. The van der Waals surface area contributed by atoms with E-state index in [1.165, 1.54) is 6.92 Å². The van der Waals surface area contributed by atoms with Gasteiger partial charge in [-0.2, -0.15) is 0 Å². The van der Waals surface area contributed by atoms with Crippen molar-refractivity contribution >= 4 is 5.78 Å². The third-order valence-corrected chi connectivity index (χ3v) is 3.33. The molecular weight excluding hydrogens is 262 g/mol. The van der Waals surface area contributed by atoms with Crippen LogP contribution in [0.5, 0.6) is 5.75 Å². The van der Waals surface area contributed by atoms with Gasteiger partial charge in [0, 0.05) is 0 Å². The van der Waals surface area contributed by atoms with Gasteiger partial charge < -0.3 is 9.47 Å². The summed E-state index contributed by atoms with van der Waals surface area (Å²) in [4.78, 5) is 22.4. The highest BCUT2D eigenvalue weighted by atomic mass is 16.7. The fourth-order valence-corrected chi connectivity index (χ4v) is 2.45. The van der Waals surface area contributed by atoms with Crippen molar-refractivity contribution in [1.29, 1.82) is 0 Å². The first kappa shape index (κ1) is 14.0. The number of hydrogen-bond donors (Lipinski definition) is 0. The zero-order chi connectivity index (χ0) is 14.9. The number of ether oxygens (including phenoxy) is 2. The van der Waals surface area contributed by atoms with Crippen LogP contribution < -0.4 is 4.74 Å². The molecule has 1 aromatic carbocycles. The zero-order valence-corrected chi connectivity index (χ0v) is 11.5. The SMILES string of the molecule is COc1ccc(C2C(C(C)=O)=C(C)OC2[N+](=O)[O-])cc1. The summed E-state index contributed by atoms with van der Waals surface area (Å²) in [6, 6.07) is 6.84. The molecule has 0 fully saturated rings. The molecule has 0 amide bonds. The normalized spacial score (nSPS) is 21.6. The maximum absolute atomic E-state index is 11.7. The monoisotopic (exact) mass is 277 g/mol. The van der Waals surface area contributed by atoms with Crippen LogP contribution in [0.4, 0.5) is 0 Å². The van der Waals surface area contributed by atoms with Crippen molar-refractivity contribution < 1.29 is 19.2 Å². The molecule has 1 aliphatic heterocycles. The molecule has 106 valence electrons. The van der Waals surface area contributed by atoms with Gasteiger partial charge in [-0.15, -0.1) is 0 Å². The van der Waals surface area contributed by atoms with Crippen LogP contribution in [0.25, 0.3) is 0 Å². The first-order valence-corrected chi connectivity index (χ1v) is 6.11. The van der Waals surface area contributed by atoms with Gasteiger partial charge in [0.05, 0.1) is 17.6 Å². The van der Waals surface area contributed by atoms with Gasteiger partial charge in [0.25, 0.3) is 0 Å². The number of carbonyl (C=O) groups excluding carboxylic acids is 1. The average molecular weight is 277 g/mol. The number of allylic oxidation sites excluding steroid dienone is 1. The molecule has 1 aromatic rings. The second kappa shape index (κ2) is 5.32. The minimum absolute atomic E-state index is 0.215. The number of carbonyl (C=O) groups is 1. The summed E-state index contributed by atoms with van der Waals surface area (Å²) in [6.07, 6.45) is -1.26. The van der Waals surface area contributed by atoms with E-state index in [0.29, 0.717) is 22.6 Å². The van der Waals surface area contributed by atoms with Gasteiger partial charge in [-0.25, -0.2) is 0 Å². The van der Waals surface area contributed by atoms with E-state index in [2.05, 4.69) is 0 Å². The van der Waals surface area contributed by atoms with E-state index in [0.717, 1.165) is 0 Å². The molecule has 0 aliphatic carbocycles. The van der Waals surface area contributed by atoms with Crippen molar-refractivity contribution in [3.05, 3.63) is 51.3 Å². The van der Waals surface area contributed by atoms with Crippen LogP contribution in [0.15, 0.2) is 35.6 Å². The second-order valence-corrected chi connectivity index (χ2v) is 4.57. The molecule has 0 radical (unpaired) electrons. The van der Waals surface area contributed by atoms with Gasteiger partial charge in [0.15, 0.2) is 5.78 Å². The highest BCUT2D eigenvalue weighted by molar-refractivity contribution is 5.95. The van der Waals surface area contributed by atoms with Crippen molar-refractivity contribution in [1.82, 2.24) is 0 Å². The Labute approximate surface area is 116 Å². The minimum Gasteiger partial charge on any atom is -0.497 e. The second-order valence-electron chi connectivity index (χ2n) is 4.57.